The van der Waals surface area contributed by atoms with Crippen LogP contribution in [0, 0.1) is 35.0 Å². The molecule has 2 saturated carbocycles. The molecule has 0 aromatic heterocycles. The summed E-state index contributed by atoms with van der Waals surface area (Å²) in [6.07, 6.45) is 9.50. The Labute approximate surface area is 163 Å². The van der Waals surface area contributed by atoms with Gasteiger partial charge in [-0.25, -0.2) is 0 Å². The van der Waals surface area contributed by atoms with Crippen LogP contribution in [-0.4, -0.2) is 30.6 Å². The molecule has 0 unspecified atom stereocenters. The van der Waals surface area contributed by atoms with Crippen molar-refractivity contribution in [1.29, 1.82) is 0 Å². The lowest BCUT2D eigenvalue weighted by atomic mass is 9.52. The van der Waals surface area contributed by atoms with Crippen LogP contribution in [0.15, 0.2) is 0 Å². The lowest BCUT2D eigenvalue weighted by molar-refractivity contribution is -0.213. The zero-order valence-corrected chi connectivity index (χ0v) is 17.5. The summed E-state index contributed by atoms with van der Waals surface area (Å²) in [7, 11) is 1.47. The molecular weight excluding hydrogens is 340 g/mol. The minimum absolute atomic E-state index is 0.0979. The zero-order valence-electron chi connectivity index (χ0n) is 17.5. The summed E-state index contributed by atoms with van der Waals surface area (Å²) in [5.41, 5.74) is -0.629. The lowest BCUT2D eigenvalue weighted by Crippen LogP contribution is -2.62. The van der Waals surface area contributed by atoms with Gasteiger partial charge < -0.3 is 9.47 Å². The standard InChI is InChI=1S/C23H36O4/c1-14-7-8-19-18-10-9-17(15(2)21(25)26-4)22(18,3)13-20(24)23(19)11-5-6-16(12-14)27-23/h14-19H,5-13H2,1-4H3/t14-,15-,16+,17+,18-,19-,22-,23-/m0/s1. The van der Waals surface area contributed by atoms with Crippen molar-refractivity contribution in [3.63, 3.8) is 0 Å². The maximum Gasteiger partial charge on any atom is 0.308 e. The molecule has 0 aromatic rings. The molecule has 0 radical (unpaired) electrons. The highest BCUT2D eigenvalue weighted by Crippen LogP contribution is 2.64. The van der Waals surface area contributed by atoms with E-state index in [1.807, 2.05) is 6.92 Å². The second-order valence-electron chi connectivity index (χ2n) is 10.3. The fourth-order valence-electron chi connectivity index (χ4n) is 7.53. The summed E-state index contributed by atoms with van der Waals surface area (Å²) < 4.78 is 11.7. The first-order valence-electron chi connectivity index (χ1n) is 11.1. The molecule has 1 spiro atoms. The van der Waals surface area contributed by atoms with Gasteiger partial charge in [-0.3, -0.25) is 9.59 Å². The topological polar surface area (TPSA) is 52.6 Å². The van der Waals surface area contributed by atoms with Crippen LogP contribution < -0.4 is 0 Å². The highest BCUT2D eigenvalue weighted by molar-refractivity contribution is 5.90. The summed E-state index contributed by atoms with van der Waals surface area (Å²) in [5, 5.41) is 0. The van der Waals surface area contributed by atoms with Gasteiger partial charge in [-0.05, 0) is 74.0 Å². The third kappa shape index (κ3) is 2.89. The summed E-state index contributed by atoms with van der Waals surface area (Å²) in [4.78, 5) is 25.9. The van der Waals surface area contributed by atoms with Crippen LogP contribution in [0.3, 0.4) is 0 Å². The van der Waals surface area contributed by atoms with Crippen molar-refractivity contribution in [2.45, 2.75) is 90.3 Å². The number of hydrogen-bond donors (Lipinski definition) is 0. The van der Waals surface area contributed by atoms with Crippen molar-refractivity contribution in [1.82, 2.24) is 0 Å². The Hall–Kier alpha value is -0.900. The Kier molecular flexibility index (Phi) is 4.93. The second kappa shape index (κ2) is 6.86. The van der Waals surface area contributed by atoms with E-state index in [0.29, 0.717) is 30.0 Å². The largest absolute Gasteiger partial charge is 0.469 e. The molecule has 2 heterocycles. The quantitative estimate of drug-likeness (QED) is 0.664. The van der Waals surface area contributed by atoms with Crippen molar-refractivity contribution >= 4 is 11.8 Å². The molecule has 2 aliphatic carbocycles. The molecule has 4 aliphatic rings. The minimum atomic E-state index is -0.531. The molecule has 0 N–H and O–H groups in total. The summed E-state index contributed by atoms with van der Waals surface area (Å²) in [6, 6.07) is 0. The SMILES string of the molecule is COC(=O)[C@@H](C)[C@H]1CC[C@H]2[C@@H]3CC[C@H](C)C[C@H]4CCC[C@@]3(O4)C(=O)C[C@@]12C. The average molecular weight is 377 g/mol. The number of ketones is 1. The highest BCUT2D eigenvalue weighted by Gasteiger charge is 2.65. The van der Waals surface area contributed by atoms with Crippen molar-refractivity contribution in [2.75, 3.05) is 7.11 Å². The van der Waals surface area contributed by atoms with Crippen LogP contribution >= 0.6 is 0 Å². The Bertz CT molecular complexity index is 615. The Morgan fingerprint density at radius 2 is 1.93 bits per heavy atom. The summed E-state index contributed by atoms with van der Waals surface area (Å²) >= 11 is 0. The van der Waals surface area contributed by atoms with Gasteiger partial charge >= 0.3 is 5.97 Å². The van der Waals surface area contributed by atoms with Crippen molar-refractivity contribution in [3.8, 4) is 0 Å². The number of Topliss-reactive ketones (excluding diaryl/α,β-unsaturated/α-hetero) is 1. The van der Waals surface area contributed by atoms with Gasteiger partial charge in [-0.1, -0.05) is 27.2 Å². The monoisotopic (exact) mass is 376 g/mol. The van der Waals surface area contributed by atoms with Crippen LogP contribution in [-0.2, 0) is 19.1 Å². The van der Waals surface area contributed by atoms with Gasteiger partial charge in [0, 0.05) is 6.42 Å². The van der Waals surface area contributed by atoms with Gasteiger partial charge in [0.1, 0.15) is 5.60 Å². The average Bonchev–Trinajstić information content (AvgIpc) is 2.96. The second-order valence-corrected chi connectivity index (χ2v) is 10.3. The molecule has 4 rings (SSSR count). The molecular formula is C23H36O4. The summed E-state index contributed by atoms with van der Waals surface area (Å²) in [6.45, 7) is 6.61. The van der Waals surface area contributed by atoms with Crippen LogP contribution in [0.2, 0.25) is 0 Å². The molecule has 4 nitrogen and oxygen atoms in total. The maximum atomic E-state index is 13.6. The molecule has 8 atom stereocenters. The number of fused-ring (bicyclic) bond motifs is 3. The van der Waals surface area contributed by atoms with Gasteiger partial charge in [0.15, 0.2) is 5.78 Å². The Balaban J connectivity index is 1.69. The van der Waals surface area contributed by atoms with E-state index in [1.165, 1.54) is 13.5 Å². The number of hydrogen-bond acceptors (Lipinski definition) is 4. The molecule has 2 bridgehead atoms. The first-order chi connectivity index (χ1) is 12.8. The minimum Gasteiger partial charge on any atom is -0.469 e. The summed E-state index contributed by atoms with van der Waals surface area (Å²) in [5.74, 6) is 1.77. The molecule has 2 saturated heterocycles. The number of rotatable bonds is 2. The molecule has 2 aliphatic heterocycles. The third-order valence-corrected chi connectivity index (χ3v) is 8.84. The van der Waals surface area contributed by atoms with E-state index >= 15 is 0 Å². The molecule has 0 amide bonds. The number of ether oxygens (including phenoxy) is 2. The fourth-order valence-corrected chi connectivity index (χ4v) is 7.53. The molecule has 152 valence electrons. The van der Waals surface area contributed by atoms with Gasteiger partial charge in [0.2, 0.25) is 0 Å². The van der Waals surface area contributed by atoms with E-state index in [1.54, 1.807) is 0 Å². The first-order valence-corrected chi connectivity index (χ1v) is 11.1. The number of esters is 1. The Morgan fingerprint density at radius 1 is 1.19 bits per heavy atom. The predicted octanol–water partition coefficient (Wildman–Crippen LogP) is 4.54. The zero-order chi connectivity index (χ0) is 19.4. The molecule has 0 aromatic carbocycles. The first kappa shape index (κ1) is 19.4. The van der Waals surface area contributed by atoms with Gasteiger partial charge in [0.05, 0.1) is 19.1 Å². The van der Waals surface area contributed by atoms with Crippen molar-refractivity contribution in [2.24, 2.45) is 35.0 Å². The van der Waals surface area contributed by atoms with E-state index in [9.17, 15) is 9.59 Å². The van der Waals surface area contributed by atoms with Gasteiger partial charge in [0.25, 0.3) is 0 Å². The highest BCUT2D eigenvalue weighted by atomic mass is 16.5. The number of methoxy groups -OCH3 is 1. The fraction of sp³-hybridized carbons (Fsp3) is 0.913. The molecule has 4 heteroatoms. The van der Waals surface area contributed by atoms with E-state index in [2.05, 4.69) is 13.8 Å². The van der Waals surface area contributed by atoms with E-state index in [0.717, 1.165) is 44.9 Å². The third-order valence-electron chi connectivity index (χ3n) is 8.84. The maximum absolute atomic E-state index is 13.6. The normalized spacial score (nSPS) is 48.0. The van der Waals surface area contributed by atoms with Crippen LogP contribution in [0.5, 0.6) is 0 Å². The van der Waals surface area contributed by atoms with E-state index < -0.39 is 5.60 Å². The van der Waals surface area contributed by atoms with Crippen LogP contribution in [0.25, 0.3) is 0 Å². The van der Waals surface area contributed by atoms with Crippen LogP contribution in [0.1, 0.15) is 78.6 Å². The smallest absolute Gasteiger partial charge is 0.308 e. The van der Waals surface area contributed by atoms with Crippen LogP contribution in [0.4, 0.5) is 0 Å². The molecule has 4 fully saturated rings. The van der Waals surface area contributed by atoms with E-state index in [4.69, 9.17) is 9.47 Å². The predicted molar refractivity (Wildman–Crippen MR) is 103 cm³/mol. The van der Waals surface area contributed by atoms with Gasteiger partial charge in [-0.2, -0.15) is 0 Å². The number of carbonyl (C=O) groups excluding carboxylic acids is 2. The lowest BCUT2D eigenvalue weighted by Gasteiger charge is -2.57. The van der Waals surface area contributed by atoms with E-state index in [-0.39, 0.29) is 29.3 Å². The van der Waals surface area contributed by atoms with Crippen molar-refractivity contribution in [3.05, 3.63) is 0 Å². The number of carbonyl (C=O) groups is 2. The van der Waals surface area contributed by atoms with Gasteiger partial charge in [-0.15, -0.1) is 0 Å². The Morgan fingerprint density at radius 3 is 2.67 bits per heavy atom. The van der Waals surface area contributed by atoms with Crippen molar-refractivity contribution < 1.29 is 19.1 Å². The molecule has 27 heavy (non-hydrogen) atoms.